The van der Waals surface area contributed by atoms with Crippen molar-refractivity contribution in [2.24, 2.45) is 10.8 Å². The molecule has 3 saturated heterocycles. The Hall–Kier alpha value is -5.29. The van der Waals surface area contributed by atoms with E-state index in [9.17, 15) is 89.1 Å². The second-order valence-corrected chi connectivity index (χ2v) is 26.7. The zero-order valence-corrected chi connectivity index (χ0v) is 59.6. The number of unbranched alkanes of at least 4 members (excludes halogenated alkanes) is 4. The van der Waals surface area contributed by atoms with E-state index in [1.807, 2.05) is 20.8 Å². The Kier molecular flexibility index (Phi) is 44.0. The van der Waals surface area contributed by atoms with Gasteiger partial charge in [-0.05, 0) is 69.6 Å². The van der Waals surface area contributed by atoms with Gasteiger partial charge in [0.2, 0.25) is 47.3 Å². The minimum absolute atomic E-state index is 0.0131. The van der Waals surface area contributed by atoms with E-state index < -0.39 is 140 Å². The quantitative estimate of drug-likeness (QED) is 0.0256. The number of Topliss-reactive ketones (excluding diaryl/α,β-unsaturated/α-hetero) is 1. The molecule has 17 N–H and O–H groups in total. The molecule has 0 aromatic heterocycles. The fraction of sp³-hybridized carbons (Fsp3) is 0.864. The van der Waals surface area contributed by atoms with Gasteiger partial charge in [0.15, 0.2) is 18.9 Å². The van der Waals surface area contributed by atoms with Crippen molar-refractivity contribution in [1.29, 1.82) is 0 Å². The van der Waals surface area contributed by atoms with Crippen molar-refractivity contribution in [2.75, 3.05) is 112 Å². The van der Waals surface area contributed by atoms with E-state index in [4.69, 9.17) is 42.6 Å². The number of aliphatic hydroxyl groups excluding tert-OH is 9. The predicted octanol–water partition coefficient (Wildman–Crippen LogP) is -4.27. The first kappa shape index (κ1) is 89.9. The molecule has 0 spiro atoms. The van der Waals surface area contributed by atoms with Gasteiger partial charge in [0.25, 0.3) is 0 Å². The van der Waals surface area contributed by atoms with Crippen molar-refractivity contribution >= 4 is 53.0 Å². The molecule has 101 heavy (non-hydrogen) atoms. The van der Waals surface area contributed by atoms with E-state index in [1.165, 1.54) is 20.8 Å². The van der Waals surface area contributed by atoms with E-state index in [-0.39, 0.29) is 146 Å². The number of hydrogen-bond acceptors (Lipinski definition) is 27. The lowest BCUT2D eigenvalue weighted by Crippen LogP contribution is -2.64. The number of ether oxygens (including phenoxy) is 9. The summed E-state index contributed by atoms with van der Waals surface area (Å²) in [7, 11) is 0. The molecule has 0 saturated carbocycles. The maximum Gasteiger partial charge on any atom is 0.222 e. The van der Waals surface area contributed by atoms with Crippen molar-refractivity contribution in [3.8, 4) is 0 Å². The molecule has 0 aliphatic carbocycles. The second kappa shape index (κ2) is 49.4. The maximum absolute atomic E-state index is 12.9. The molecule has 15 atom stereocenters. The lowest BCUT2D eigenvalue weighted by molar-refractivity contribution is -0.270. The van der Waals surface area contributed by atoms with Crippen LogP contribution in [-0.2, 0) is 85.8 Å². The van der Waals surface area contributed by atoms with E-state index in [0.29, 0.717) is 90.3 Å². The van der Waals surface area contributed by atoms with Crippen LogP contribution >= 0.6 is 0 Å². The fourth-order valence-corrected chi connectivity index (χ4v) is 11.0. The van der Waals surface area contributed by atoms with Crippen molar-refractivity contribution in [3.63, 3.8) is 0 Å². The van der Waals surface area contributed by atoms with Gasteiger partial charge in [-0.1, -0.05) is 20.8 Å². The number of rotatable bonds is 52. The minimum Gasteiger partial charge on any atom is -0.394 e. The highest BCUT2D eigenvalue weighted by Gasteiger charge is 2.48. The van der Waals surface area contributed by atoms with Gasteiger partial charge in [-0.25, -0.2) is 0 Å². The molecule has 8 amide bonds. The topological polar surface area (TPSA) is 515 Å². The molecule has 3 aliphatic heterocycles. The third-order valence-electron chi connectivity index (χ3n) is 17.4. The first-order chi connectivity index (χ1) is 48.1. The zero-order chi connectivity index (χ0) is 74.9. The van der Waals surface area contributed by atoms with Crippen LogP contribution in [0.25, 0.3) is 0 Å². The summed E-state index contributed by atoms with van der Waals surface area (Å²) in [4.78, 5) is 111. The number of hydrogen-bond donors (Lipinski definition) is 17. The maximum atomic E-state index is 12.9. The molecular formula is C66H118N8O27. The minimum atomic E-state index is -1.44. The van der Waals surface area contributed by atoms with E-state index in [0.717, 1.165) is 0 Å². The molecule has 3 heterocycles. The lowest BCUT2D eigenvalue weighted by atomic mass is 9.68. The van der Waals surface area contributed by atoms with Gasteiger partial charge < -0.3 is 131 Å². The summed E-state index contributed by atoms with van der Waals surface area (Å²) in [5.41, 5.74) is -1.39. The molecule has 3 aliphatic rings. The smallest absolute Gasteiger partial charge is 0.222 e. The molecule has 3 fully saturated rings. The number of ketones is 1. The highest BCUT2D eigenvalue weighted by atomic mass is 16.7. The van der Waals surface area contributed by atoms with Crippen molar-refractivity contribution < 1.29 is 132 Å². The molecule has 35 heteroatoms. The predicted molar refractivity (Wildman–Crippen MR) is 357 cm³/mol. The van der Waals surface area contributed by atoms with Gasteiger partial charge in [0, 0.05) is 124 Å². The largest absolute Gasteiger partial charge is 0.394 e. The van der Waals surface area contributed by atoms with Gasteiger partial charge in [-0.3, -0.25) is 43.2 Å². The summed E-state index contributed by atoms with van der Waals surface area (Å²) in [5.74, 6) is -2.65. The first-order valence-corrected chi connectivity index (χ1v) is 35.2. The number of carbonyl (C=O) groups is 9. The van der Waals surface area contributed by atoms with Crippen LogP contribution in [-0.4, -0.2) is 303 Å². The summed E-state index contributed by atoms with van der Waals surface area (Å²) in [6.07, 6.45) is -9.67. The third kappa shape index (κ3) is 34.5. The monoisotopic (exact) mass is 1450 g/mol. The standard InChI is InChI=1S/C66H118N8O27/c1-41(78)72-53-59(90)56(87)45(35-75)99-62(53)96-29-12-8-18-44(81)17-7-11-24-67-50(84)21-32-93-38-66(65(4,5)6,39-94-33-22-51(85)70-27-15-25-68-48(82)19-9-13-30-97-63-54(73-42(2)79)60(91)57(88)46(36-76)100-63)40-95-34-23-52(86)71-28-16-26-69-49(83)20-10-14-31-98-64-55(74-43(3)80)61(92)58(89)47(37-77)101-64/h45-47,53-64,75-77,87-92H,7-40H2,1-6H3,(H,67,84)(H,68,82)(H,69,83)(H,70,85)(H,71,86)(H,72,78)(H,73,79)(H,74,80)/t45?,46?,47?,53?,54?,55?,56-,57-,58-,59-,60-,61-,62-,63-,64-,66?/m1/s1. The van der Waals surface area contributed by atoms with Gasteiger partial charge in [-0.2, -0.15) is 0 Å². The van der Waals surface area contributed by atoms with Gasteiger partial charge in [-0.15, -0.1) is 0 Å². The summed E-state index contributed by atoms with van der Waals surface area (Å²) >= 11 is 0. The van der Waals surface area contributed by atoms with E-state index in [1.54, 1.807) is 0 Å². The van der Waals surface area contributed by atoms with Crippen LogP contribution in [0.15, 0.2) is 0 Å². The molecule has 35 nitrogen and oxygen atoms in total. The zero-order valence-electron chi connectivity index (χ0n) is 59.6. The fourth-order valence-electron chi connectivity index (χ4n) is 11.0. The Balaban J connectivity index is 1.41. The SMILES string of the molecule is CC(=O)NC1[C@H](OCCCCC(=O)CCCCNC(=O)CCOCC(COCCC(=O)NCCCNC(=O)CCCCO[C@@H]2OC(CO)[C@@H](O)[C@H](O)C2NC(C)=O)(COCCC(=O)NCCCNC(=O)CCCCO[C@@H]2OC(CO)[C@@H](O)[C@H](O)C2NC(C)=O)C(C)(C)C)OC(CO)[C@@H](O)[C@@H]1O. The molecule has 0 aromatic carbocycles. The summed E-state index contributed by atoms with van der Waals surface area (Å²) in [5, 5.41) is 112. The van der Waals surface area contributed by atoms with Crippen LogP contribution < -0.4 is 42.5 Å². The van der Waals surface area contributed by atoms with E-state index >= 15 is 0 Å². The Morgan fingerprint density at radius 1 is 0.347 bits per heavy atom. The summed E-state index contributed by atoms with van der Waals surface area (Å²) in [6, 6.07) is -3.20. The van der Waals surface area contributed by atoms with E-state index in [2.05, 4.69) is 42.5 Å². The number of amides is 8. The molecule has 0 aromatic rings. The third-order valence-corrected chi connectivity index (χ3v) is 17.4. The van der Waals surface area contributed by atoms with Crippen LogP contribution in [0.2, 0.25) is 0 Å². The number of nitrogens with one attached hydrogen (secondary N) is 8. The Labute approximate surface area is 590 Å². The van der Waals surface area contributed by atoms with Crippen molar-refractivity contribution in [3.05, 3.63) is 0 Å². The van der Waals surface area contributed by atoms with Crippen molar-refractivity contribution in [1.82, 2.24) is 42.5 Å². The van der Waals surface area contributed by atoms with Crippen LogP contribution in [0.4, 0.5) is 0 Å². The molecule has 0 radical (unpaired) electrons. The number of carbonyl (C=O) groups excluding carboxylic acids is 9. The average molecular weight is 1460 g/mol. The molecule has 3 rings (SSSR count). The lowest BCUT2D eigenvalue weighted by Gasteiger charge is -2.44. The van der Waals surface area contributed by atoms with Gasteiger partial charge >= 0.3 is 0 Å². The van der Waals surface area contributed by atoms with Gasteiger partial charge in [0.05, 0.1) is 59.5 Å². The molecule has 0 bridgehead atoms. The highest BCUT2D eigenvalue weighted by Crippen LogP contribution is 2.40. The van der Waals surface area contributed by atoms with Crippen LogP contribution in [0.1, 0.15) is 151 Å². The first-order valence-electron chi connectivity index (χ1n) is 35.2. The Bertz CT molecular complexity index is 2210. The Morgan fingerprint density at radius 2 is 0.614 bits per heavy atom. The second-order valence-electron chi connectivity index (χ2n) is 26.7. The van der Waals surface area contributed by atoms with Crippen LogP contribution in [0, 0.1) is 10.8 Å². The summed E-state index contributed by atoms with van der Waals surface area (Å²) < 4.78 is 52.2. The average Bonchev–Trinajstić information content (AvgIpc) is 0.809. The Morgan fingerprint density at radius 3 is 0.891 bits per heavy atom. The van der Waals surface area contributed by atoms with Crippen LogP contribution in [0.5, 0.6) is 0 Å². The molecule has 6 unspecified atom stereocenters. The highest BCUT2D eigenvalue weighted by molar-refractivity contribution is 5.79. The number of aliphatic hydroxyl groups is 9. The molecular weight excluding hydrogens is 1340 g/mol. The molecule has 584 valence electrons. The summed E-state index contributed by atoms with van der Waals surface area (Å²) in [6.45, 7) is 10.1. The van der Waals surface area contributed by atoms with Gasteiger partial charge in [0.1, 0.15) is 78.8 Å². The normalized spacial score (nSPS) is 25.8. The van der Waals surface area contributed by atoms with Crippen LogP contribution in [0.3, 0.4) is 0 Å². The van der Waals surface area contributed by atoms with Crippen molar-refractivity contribution in [2.45, 2.75) is 243 Å².